The number of carboxylic acid groups (broad SMARTS) is 1. The molecule has 3 rings (SSSR count). The number of carbonyl (C=O) groups is 3. The van der Waals surface area contributed by atoms with Crippen LogP contribution in [0.3, 0.4) is 0 Å². The molecule has 0 saturated heterocycles. The van der Waals surface area contributed by atoms with E-state index in [1.54, 1.807) is 77.9 Å². The van der Waals surface area contributed by atoms with Crippen molar-refractivity contribution in [1.29, 1.82) is 0 Å². The third kappa shape index (κ3) is 8.91. The fourth-order valence-electron chi connectivity index (χ4n) is 4.13. The fraction of sp³-hybridized carbons (Fsp3) is 0.367. The van der Waals surface area contributed by atoms with Crippen molar-refractivity contribution >= 4 is 43.9 Å². The van der Waals surface area contributed by atoms with Gasteiger partial charge in [0.2, 0.25) is 0 Å². The van der Waals surface area contributed by atoms with Crippen molar-refractivity contribution in [3.05, 3.63) is 88.3 Å². The molecular weight excluding hydrogens is 640 g/mol. The van der Waals surface area contributed by atoms with Gasteiger partial charge in [0, 0.05) is 17.2 Å². The van der Waals surface area contributed by atoms with Gasteiger partial charge in [0.15, 0.2) is 5.03 Å². The molecule has 0 spiro atoms. The molecule has 0 aliphatic rings. The second-order valence-electron chi connectivity index (χ2n) is 11.8. The minimum Gasteiger partial charge on any atom is -0.480 e. The lowest BCUT2D eigenvalue weighted by atomic mass is 9.85. The van der Waals surface area contributed by atoms with Crippen LogP contribution < -0.4 is 0 Å². The quantitative estimate of drug-likeness (QED) is 0.310. The molecule has 1 N–H and O–H groups in total. The lowest BCUT2D eigenvalue weighted by Gasteiger charge is -2.36. The van der Waals surface area contributed by atoms with Crippen LogP contribution in [0, 0.1) is 5.41 Å². The second-order valence-corrected chi connectivity index (χ2v) is 14.6. The number of ether oxygens (including phenoxy) is 1. The summed E-state index contributed by atoms with van der Waals surface area (Å²) in [6, 6.07) is 14.4. The van der Waals surface area contributed by atoms with Crippen LogP contribution in [-0.2, 0) is 32.6 Å². The van der Waals surface area contributed by atoms with E-state index in [9.17, 15) is 27.9 Å². The monoisotopic (exact) mass is 674 g/mol. The van der Waals surface area contributed by atoms with Gasteiger partial charge in [-0.15, -0.1) is 0 Å². The number of aliphatic carboxylic acids is 1. The van der Waals surface area contributed by atoms with E-state index in [2.05, 4.69) is 25.9 Å². The zero-order chi connectivity index (χ0) is 32.2. The smallest absolute Gasteiger partial charge is 0.418 e. The first-order valence-electron chi connectivity index (χ1n) is 13.3. The normalized spacial score (nSPS) is 12.9. The summed E-state index contributed by atoms with van der Waals surface area (Å²) >= 11 is 3.37. The maximum absolute atomic E-state index is 13.8. The molecule has 0 aliphatic heterocycles. The first-order valence-corrected chi connectivity index (χ1v) is 15.5. The number of imide groups is 1. The van der Waals surface area contributed by atoms with Crippen LogP contribution in [0.1, 0.15) is 63.3 Å². The highest BCUT2D eigenvalue weighted by Gasteiger charge is 2.45. The van der Waals surface area contributed by atoms with Gasteiger partial charge in [0.25, 0.3) is 15.9 Å². The summed E-state index contributed by atoms with van der Waals surface area (Å²) in [5.74, 6) is -2.39. The number of pyridine rings is 2. The summed E-state index contributed by atoms with van der Waals surface area (Å²) < 4.78 is 34.7. The van der Waals surface area contributed by atoms with E-state index < -0.39 is 45.1 Å². The highest BCUT2D eigenvalue weighted by atomic mass is 79.9. The molecule has 0 radical (unpaired) electrons. The molecule has 0 aliphatic carbocycles. The van der Waals surface area contributed by atoms with Gasteiger partial charge in [-0.25, -0.2) is 32.9 Å². The van der Waals surface area contributed by atoms with E-state index in [4.69, 9.17) is 4.74 Å². The van der Waals surface area contributed by atoms with Gasteiger partial charge in [-0.05, 0) is 68.1 Å². The predicted molar refractivity (Wildman–Crippen MR) is 162 cm³/mol. The van der Waals surface area contributed by atoms with Crippen LogP contribution in [0.4, 0.5) is 4.79 Å². The number of carbonyl (C=O) groups excluding carboxylic acids is 2. The predicted octanol–water partition coefficient (Wildman–Crippen LogP) is 5.51. The van der Waals surface area contributed by atoms with Crippen LogP contribution in [-0.4, -0.2) is 62.3 Å². The SMILES string of the molecule is CC(C)(C)OC(=O)N(C(=O)c1cccc(CN(Cc2ccc(Br)cc2)S(=O)(=O)c2ccccn2)n1)C(C(=O)O)C(C)(C)C. The molecule has 13 heteroatoms. The van der Waals surface area contributed by atoms with E-state index >= 15 is 0 Å². The molecule has 1 atom stereocenters. The summed E-state index contributed by atoms with van der Waals surface area (Å²) in [6.07, 6.45) is 0.239. The number of carboxylic acids is 1. The van der Waals surface area contributed by atoms with Crippen molar-refractivity contribution in [3.63, 3.8) is 0 Å². The molecule has 1 unspecified atom stereocenters. The Bertz CT molecular complexity index is 1570. The van der Waals surface area contributed by atoms with Gasteiger partial charge >= 0.3 is 12.1 Å². The molecule has 2 amide bonds. The molecule has 0 saturated carbocycles. The van der Waals surface area contributed by atoms with Crippen molar-refractivity contribution in [3.8, 4) is 0 Å². The van der Waals surface area contributed by atoms with Crippen molar-refractivity contribution in [1.82, 2.24) is 19.2 Å². The van der Waals surface area contributed by atoms with E-state index in [-0.39, 0.29) is 29.5 Å². The van der Waals surface area contributed by atoms with Crippen LogP contribution in [0.15, 0.2) is 76.4 Å². The Balaban J connectivity index is 2.05. The van der Waals surface area contributed by atoms with Gasteiger partial charge in [-0.1, -0.05) is 61.0 Å². The molecule has 2 aromatic heterocycles. The Morgan fingerprint density at radius 2 is 1.58 bits per heavy atom. The molecule has 3 aromatic rings. The molecule has 2 heterocycles. The van der Waals surface area contributed by atoms with Crippen molar-refractivity contribution in [2.75, 3.05) is 0 Å². The highest BCUT2D eigenvalue weighted by Crippen LogP contribution is 2.28. The van der Waals surface area contributed by atoms with Crippen LogP contribution in [0.25, 0.3) is 0 Å². The Kier molecular flexibility index (Phi) is 10.5. The van der Waals surface area contributed by atoms with Gasteiger partial charge in [-0.3, -0.25) is 4.79 Å². The Hall–Kier alpha value is -3.68. The number of sulfonamides is 1. The summed E-state index contributed by atoms with van der Waals surface area (Å²) in [5, 5.41) is 9.88. The number of halogens is 1. The van der Waals surface area contributed by atoms with Crippen LogP contribution >= 0.6 is 15.9 Å². The zero-order valence-corrected chi connectivity index (χ0v) is 27.2. The summed E-state index contributed by atoms with van der Waals surface area (Å²) in [7, 11) is -4.11. The van der Waals surface area contributed by atoms with Gasteiger partial charge in [0.05, 0.1) is 12.2 Å². The second kappa shape index (κ2) is 13.3. The fourth-order valence-corrected chi connectivity index (χ4v) is 5.72. The van der Waals surface area contributed by atoms with Crippen molar-refractivity contribution in [2.45, 2.75) is 71.3 Å². The minimum atomic E-state index is -4.11. The standard InChI is InChI=1S/C30H35BrN4O7S/c1-29(2,3)25(27(37)38)35(28(39)42-30(4,5)6)26(36)23-11-9-10-22(33-23)19-34(18-20-13-15-21(31)16-14-20)43(40,41)24-12-7-8-17-32-24/h7-17,25H,18-19H2,1-6H3,(H,37,38). The number of nitrogens with zero attached hydrogens (tertiary/aromatic N) is 4. The van der Waals surface area contributed by atoms with E-state index in [1.165, 1.54) is 34.8 Å². The molecule has 1 aromatic carbocycles. The molecule has 11 nitrogen and oxygen atoms in total. The molecule has 0 bridgehead atoms. The summed E-state index contributed by atoms with van der Waals surface area (Å²) in [6.45, 7) is 9.28. The number of amides is 2. The number of rotatable bonds is 9. The third-order valence-electron chi connectivity index (χ3n) is 6.00. The molecule has 0 fully saturated rings. The Morgan fingerprint density at radius 1 is 0.930 bits per heavy atom. The van der Waals surface area contributed by atoms with Crippen molar-refractivity contribution in [2.24, 2.45) is 5.41 Å². The molecular formula is C30H35BrN4O7S. The van der Waals surface area contributed by atoms with E-state index in [0.29, 0.717) is 10.5 Å². The topological polar surface area (TPSA) is 147 Å². The third-order valence-corrected chi connectivity index (χ3v) is 8.24. The lowest BCUT2D eigenvalue weighted by Crippen LogP contribution is -2.56. The largest absolute Gasteiger partial charge is 0.480 e. The Labute approximate surface area is 260 Å². The first-order chi connectivity index (χ1) is 19.9. The number of hydrogen-bond donors (Lipinski definition) is 1. The number of hydrogen-bond acceptors (Lipinski definition) is 8. The van der Waals surface area contributed by atoms with Gasteiger partial charge in [0.1, 0.15) is 17.3 Å². The van der Waals surface area contributed by atoms with Crippen LogP contribution in [0.5, 0.6) is 0 Å². The average molecular weight is 676 g/mol. The van der Waals surface area contributed by atoms with Gasteiger partial charge < -0.3 is 9.84 Å². The maximum atomic E-state index is 13.8. The van der Waals surface area contributed by atoms with Crippen LogP contribution in [0.2, 0.25) is 0 Å². The zero-order valence-electron chi connectivity index (χ0n) is 24.8. The van der Waals surface area contributed by atoms with E-state index in [0.717, 1.165) is 4.47 Å². The number of benzene rings is 1. The minimum absolute atomic E-state index is 0.0266. The average Bonchev–Trinajstić information content (AvgIpc) is 2.90. The van der Waals surface area contributed by atoms with E-state index in [1.807, 2.05) is 0 Å². The number of aromatic nitrogens is 2. The highest BCUT2D eigenvalue weighted by molar-refractivity contribution is 9.10. The van der Waals surface area contributed by atoms with Gasteiger partial charge in [-0.2, -0.15) is 4.31 Å². The summed E-state index contributed by atoms with van der Waals surface area (Å²) in [4.78, 5) is 48.3. The first kappa shape index (κ1) is 33.8. The molecule has 230 valence electrons. The summed E-state index contributed by atoms with van der Waals surface area (Å²) in [5.41, 5.74) is -1.44. The van der Waals surface area contributed by atoms with Crippen molar-refractivity contribution < 1.29 is 32.6 Å². The molecule has 43 heavy (non-hydrogen) atoms. The lowest BCUT2D eigenvalue weighted by molar-refractivity contribution is -0.146. The maximum Gasteiger partial charge on any atom is 0.418 e. The Morgan fingerprint density at radius 3 is 2.12 bits per heavy atom.